The van der Waals surface area contributed by atoms with Gasteiger partial charge in [0, 0.05) is 50.9 Å². The third kappa shape index (κ3) is 5.35. The van der Waals surface area contributed by atoms with Crippen LogP contribution in [-0.4, -0.2) is 54.5 Å². The molecule has 0 aliphatic carbocycles. The molecule has 3 rings (SSSR count). The van der Waals surface area contributed by atoms with E-state index < -0.39 is 0 Å². The molecule has 6 heteroatoms. The topological polar surface area (TPSA) is 39.9 Å². The lowest BCUT2D eigenvalue weighted by Crippen LogP contribution is -2.49. The first-order valence-electron chi connectivity index (χ1n) is 10.00. The highest BCUT2D eigenvalue weighted by molar-refractivity contribution is 5.76. The van der Waals surface area contributed by atoms with Gasteiger partial charge in [0.15, 0.2) is 0 Å². The first kappa shape index (κ1) is 20.4. The fourth-order valence-corrected chi connectivity index (χ4v) is 3.55. The van der Waals surface area contributed by atoms with E-state index in [1.807, 2.05) is 24.0 Å². The fourth-order valence-electron chi connectivity index (χ4n) is 3.55. The molecule has 1 aromatic heterocycles. The monoisotopic (exact) mass is 387 g/mol. The van der Waals surface area contributed by atoms with E-state index in [2.05, 4.69) is 23.6 Å². The maximum atomic E-state index is 13.1. The lowest BCUT2D eigenvalue weighted by molar-refractivity contribution is -0.132. The molecule has 1 aliphatic heterocycles. The van der Waals surface area contributed by atoms with E-state index in [4.69, 9.17) is 4.42 Å². The minimum Gasteiger partial charge on any atom is -0.465 e. The second-order valence-corrected chi connectivity index (χ2v) is 7.67. The van der Waals surface area contributed by atoms with Gasteiger partial charge in [0.25, 0.3) is 0 Å². The number of hydrogen-bond donors (Lipinski definition) is 0. The van der Waals surface area contributed by atoms with Crippen LogP contribution in [0.3, 0.4) is 0 Å². The molecule has 1 aromatic carbocycles. The van der Waals surface area contributed by atoms with E-state index in [1.165, 1.54) is 12.1 Å². The Labute approximate surface area is 166 Å². The van der Waals surface area contributed by atoms with Gasteiger partial charge in [-0.1, -0.05) is 0 Å². The van der Waals surface area contributed by atoms with Crippen molar-refractivity contribution in [2.75, 3.05) is 37.6 Å². The van der Waals surface area contributed by atoms with Gasteiger partial charge in [0.05, 0.1) is 6.54 Å². The minimum absolute atomic E-state index is 0.194. The summed E-state index contributed by atoms with van der Waals surface area (Å²) in [6, 6.07) is 10.9. The maximum absolute atomic E-state index is 13.1. The number of furan rings is 1. The van der Waals surface area contributed by atoms with Crippen LogP contribution in [-0.2, 0) is 11.3 Å². The highest BCUT2D eigenvalue weighted by Crippen LogP contribution is 2.18. The van der Waals surface area contributed by atoms with Crippen molar-refractivity contribution in [3.05, 3.63) is 53.7 Å². The van der Waals surface area contributed by atoms with Gasteiger partial charge in [-0.15, -0.1) is 0 Å². The van der Waals surface area contributed by atoms with E-state index in [0.717, 1.165) is 36.8 Å². The van der Waals surface area contributed by atoms with Crippen molar-refractivity contribution in [1.82, 2.24) is 9.80 Å². The normalized spacial score (nSPS) is 14.9. The summed E-state index contributed by atoms with van der Waals surface area (Å²) in [5.74, 6) is 1.82. The molecule has 0 saturated carbocycles. The van der Waals surface area contributed by atoms with Gasteiger partial charge in [0.1, 0.15) is 17.3 Å². The average molecular weight is 387 g/mol. The Bertz CT molecular complexity index is 764. The molecule has 0 radical (unpaired) electrons. The number of halogens is 1. The number of piperazine rings is 1. The van der Waals surface area contributed by atoms with Gasteiger partial charge in [-0.3, -0.25) is 9.69 Å². The summed E-state index contributed by atoms with van der Waals surface area (Å²) in [5.41, 5.74) is 1.01. The molecule has 2 aromatic rings. The van der Waals surface area contributed by atoms with E-state index in [1.54, 1.807) is 12.1 Å². The number of hydrogen-bond acceptors (Lipinski definition) is 4. The van der Waals surface area contributed by atoms with Crippen LogP contribution < -0.4 is 4.90 Å². The summed E-state index contributed by atoms with van der Waals surface area (Å²) < 4.78 is 18.8. The first-order valence-corrected chi connectivity index (χ1v) is 10.00. The first-order chi connectivity index (χ1) is 13.4. The molecule has 152 valence electrons. The summed E-state index contributed by atoms with van der Waals surface area (Å²) in [5, 5.41) is 0. The third-order valence-corrected chi connectivity index (χ3v) is 5.32. The SMILES string of the molecule is Cc1ccc(CN(CCC(=O)N2CCN(c3ccc(F)cc3)CC2)C(C)C)o1. The van der Waals surface area contributed by atoms with Crippen LogP contribution in [0.1, 0.15) is 31.8 Å². The van der Waals surface area contributed by atoms with Crippen LogP contribution >= 0.6 is 0 Å². The maximum Gasteiger partial charge on any atom is 0.223 e. The molecule has 0 bridgehead atoms. The van der Waals surface area contributed by atoms with Gasteiger partial charge >= 0.3 is 0 Å². The lowest BCUT2D eigenvalue weighted by atomic mass is 10.2. The summed E-state index contributed by atoms with van der Waals surface area (Å²) in [7, 11) is 0. The number of anilines is 1. The van der Waals surface area contributed by atoms with E-state index in [0.29, 0.717) is 32.1 Å². The zero-order valence-corrected chi connectivity index (χ0v) is 17.0. The highest BCUT2D eigenvalue weighted by Gasteiger charge is 2.22. The number of aryl methyl sites for hydroxylation is 1. The van der Waals surface area contributed by atoms with Crippen molar-refractivity contribution < 1.29 is 13.6 Å². The van der Waals surface area contributed by atoms with Crippen molar-refractivity contribution >= 4 is 11.6 Å². The molecule has 0 N–H and O–H groups in total. The Morgan fingerprint density at radius 3 is 2.36 bits per heavy atom. The molecule has 5 nitrogen and oxygen atoms in total. The Kier molecular flexibility index (Phi) is 6.73. The molecule has 1 saturated heterocycles. The molecule has 0 atom stereocenters. The third-order valence-electron chi connectivity index (χ3n) is 5.32. The quantitative estimate of drug-likeness (QED) is 0.727. The summed E-state index contributed by atoms with van der Waals surface area (Å²) in [6.07, 6.45) is 0.508. The van der Waals surface area contributed by atoms with Crippen LogP contribution in [0.2, 0.25) is 0 Å². The smallest absolute Gasteiger partial charge is 0.223 e. The van der Waals surface area contributed by atoms with Gasteiger partial charge in [-0.05, 0) is 57.2 Å². The zero-order valence-electron chi connectivity index (χ0n) is 17.0. The van der Waals surface area contributed by atoms with Gasteiger partial charge in [-0.2, -0.15) is 0 Å². The Morgan fingerprint density at radius 2 is 1.79 bits per heavy atom. The molecule has 1 fully saturated rings. The largest absolute Gasteiger partial charge is 0.465 e. The molecule has 0 spiro atoms. The Balaban J connectivity index is 1.47. The van der Waals surface area contributed by atoms with Crippen molar-refractivity contribution in [2.45, 2.75) is 39.8 Å². The number of rotatable bonds is 7. The van der Waals surface area contributed by atoms with Crippen LogP contribution in [0.15, 0.2) is 40.8 Å². The summed E-state index contributed by atoms with van der Waals surface area (Å²) in [4.78, 5) is 19.1. The highest BCUT2D eigenvalue weighted by atomic mass is 19.1. The molecule has 28 heavy (non-hydrogen) atoms. The van der Waals surface area contributed by atoms with Crippen LogP contribution in [0.5, 0.6) is 0 Å². The predicted molar refractivity (Wildman–Crippen MR) is 109 cm³/mol. The Morgan fingerprint density at radius 1 is 1.11 bits per heavy atom. The number of benzene rings is 1. The van der Waals surface area contributed by atoms with Crippen molar-refractivity contribution in [1.29, 1.82) is 0 Å². The molecule has 2 heterocycles. The van der Waals surface area contributed by atoms with Gasteiger partial charge < -0.3 is 14.2 Å². The summed E-state index contributed by atoms with van der Waals surface area (Å²) >= 11 is 0. The second-order valence-electron chi connectivity index (χ2n) is 7.67. The molecule has 1 aliphatic rings. The standard InChI is InChI=1S/C22H30FN3O2/c1-17(2)26(16-21-9-4-18(3)28-21)11-10-22(27)25-14-12-24(13-15-25)20-7-5-19(23)6-8-20/h4-9,17H,10-16H2,1-3H3. The van der Waals surface area contributed by atoms with Crippen molar-refractivity contribution in [2.24, 2.45) is 0 Å². The van der Waals surface area contributed by atoms with Crippen molar-refractivity contribution in [3.8, 4) is 0 Å². The molecular weight excluding hydrogens is 357 g/mol. The van der Waals surface area contributed by atoms with Crippen LogP contribution in [0.4, 0.5) is 10.1 Å². The minimum atomic E-state index is -0.225. The van der Waals surface area contributed by atoms with E-state index in [-0.39, 0.29) is 11.7 Å². The Hall–Kier alpha value is -2.34. The number of amides is 1. The number of nitrogens with zero attached hydrogens (tertiary/aromatic N) is 3. The number of carbonyl (C=O) groups excluding carboxylic acids is 1. The molecular formula is C22H30FN3O2. The molecule has 1 amide bonds. The fraction of sp³-hybridized carbons (Fsp3) is 0.500. The van der Waals surface area contributed by atoms with Crippen molar-refractivity contribution in [3.63, 3.8) is 0 Å². The van der Waals surface area contributed by atoms with Crippen LogP contribution in [0.25, 0.3) is 0 Å². The second kappa shape index (κ2) is 9.24. The van der Waals surface area contributed by atoms with Gasteiger partial charge in [-0.25, -0.2) is 4.39 Å². The van der Waals surface area contributed by atoms with Crippen LogP contribution in [0, 0.1) is 12.7 Å². The average Bonchev–Trinajstić information content (AvgIpc) is 3.10. The van der Waals surface area contributed by atoms with Gasteiger partial charge in [0.2, 0.25) is 5.91 Å². The predicted octanol–water partition coefficient (Wildman–Crippen LogP) is 3.68. The van der Waals surface area contributed by atoms with E-state index in [9.17, 15) is 9.18 Å². The summed E-state index contributed by atoms with van der Waals surface area (Å²) in [6.45, 7) is 10.6. The zero-order chi connectivity index (χ0) is 20.1. The molecule has 0 unspecified atom stereocenters. The number of carbonyl (C=O) groups is 1. The lowest BCUT2D eigenvalue weighted by Gasteiger charge is -2.36. The van der Waals surface area contributed by atoms with E-state index >= 15 is 0 Å².